The highest BCUT2D eigenvalue weighted by molar-refractivity contribution is 6.30. The summed E-state index contributed by atoms with van der Waals surface area (Å²) in [5.41, 5.74) is 0.906. The summed E-state index contributed by atoms with van der Waals surface area (Å²) in [7, 11) is 0. The summed E-state index contributed by atoms with van der Waals surface area (Å²) in [5, 5.41) is 0.656. The van der Waals surface area contributed by atoms with E-state index >= 15 is 0 Å². The van der Waals surface area contributed by atoms with Crippen LogP contribution in [-0.4, -0.2) is 15.5 Å². The van der Waals surface area contributed by atoms with Gasteiger partial charge in [-0.3, -0.25) is 4.79 Å². The van der Waals surface area contributed by atoms with E-state index in [1.165, 1.54) is 6.92 Å². The molecule has 1 atom stereocenters. The molecule has 0 fully saturated rings. The van der Waals surface area contributed by atoms with Gasteiger partial charge in [0, 0.05) is 24.3 Å². The topological polar surface area (TPSA) is 44.1 Å². The Kier molecular flexibility index (Phi) is 5.86. The van der Waals surface area contributed by atoms with Crippen molar-refractivity contribution in [1.29, 1.82) is 0 Å². The van der Waals surface area contributed by atoms with Crippen LogP contribution < -0.4 is 0 Å². The molecule has 6 heteroatoms. The van der Waals surface area contributed by atoms with E-state index in [1.807, 2.05) is 22.9 Å². The average molecular weight is 301 g/mol. The molecule has 4 nitrogen and oxygen atoms in total. The largest absolute Gasteiger partial charge is 0.456 e. The van der Waals surface area contributed by atoms with Gasteiger partial charge >= 0.3 is 5.97 Å². The second-order valence-electron chi connectivity index (χ2n) is 3.91. The number of rotatable bonds is 4. The van der Waals surface area contributed by atoms with Crippen molar-refractivity contribution >= 4 is 30.0 Å². The minimum absolute atomic E-state index is 0. The van der Waals surface area contributed by atoms with Crippen LogP contribution in [0.1, 0.15) is 18.6 Å². The molecule has 0 aliphatic heterocycles. The third kappa shape index (κ3) is 4.58. The predicted molar refractivity (Wildman–Crippen MR) is 75.4 cm³/mol. The SMILES string of the molecule is CC(=O)OC(Cn1ccnc1)c1ccc(Cl)cc1.Cl. The van der Waals surface area contributed by atoms with Crippen molar-refractivity contribution in [1.82, 2.24) is 9.55 Å². The van der Waals surface area contributed by atoms with E-state index in [2.05, 4.69) is 4.98 Å². The summed E-state index contributed by atoms with van der Waals surface area (Å²) in [5.74, 6) is -0.310. The van der Waals surface area contributed by atoms with Crippen LogP contribution in [0, 0.1) is 0 Å². The molecule has 2 rings (SSSR count). The van der Waals surface area contributed by atoms with Crippen LogP contribution in [0.3, 0.4) is 0 Å². The van der Waals surface area contributed by atoms with E-state index in [9.17, 15) is 4.79 Å². The number of carbonyl (C=O) groups excluding carboxylic acids is 1. The maximum Gasteiger partial charge on any atom is 0.303 e. The van der Waals surface area contributed by atoms with Crippen molar-refractivity contribution < 1.29 is 9.53 Å². The number of esters is 1. The third-order valence-corrected chi connectivity index (χ3v) is 2.74. The number of nitrogens with zero attached hydrogens (tertiary/aromatic N) is 2. The highest BCUT2D eigenvalue weighted by Crippen LogP contribution is 2.21. The summed E-state index contributed by atoms with van der Waals surface area (Å²) < 4.78 is 7.18. The fraction of sp³-hybridized carbons (Fsp3) is 0.231. The fourth-order valence-corrected chi connectivity index (χ4v) is 1.80. The normalized spacial score (nSPS) is 11.5. The molecule has 0 saturated heterocycles. The lowest BCUT2D eigenvalue weighted by Crippen LogP contribution is -2.14. The van der Waals surface area contributed by atoms with Gasteiger partial charge in [-0.1, -0.05) is 23.7 Å². The summed E-state index contributed by atoms with van der Waals surface area (Å²) >= 11 is 5.84. The fourth-order valence-electron chi connectivity index (χ4n) is 1.67. The zero-order valence-corrected chi connectivity index (χ0v) is 11.9. The minimum atomic E-state index is -0.339. The number of ether oxygens (including phenoxy) is 1. The molecule has 0 amide bonds. The molecule has 0 aliphatic carbocycles. The standard InChI is InChI=1S/C13H13ClN2O2.ClH/c1-10(17)18-13(8-16-7-6-15-9-16)11-2-4-12(14)5-3-11;/h2-7,9,13H,8H2,1H3;1H. The third-order valence-electron chi connectivity index (χ3n) is 2.49. The van der Waals surface area contributed by atoms with Gasteiger partial charge < -0.3 is 9.30 Å². The zero-order chi connectivity index (χ0) is 13.0. The Morgan fingerprint density at radius 3 is 2.63 bits per heavy atom. The molecular formula is C13H14Cl2N2O2. The monoisotopic (exact) mass is 300 g/mol. The maximum atomic E-state index is 11.1. The summed E-state index contributed by atoms with van der Waals surface area (Å²) in [6.07, 6.45) is 4.86. The van der Waals surface area contributed by atoms with E-state index in [1.54, 1.807) is 24.7 Å². The number of imidazole rings is 1. The Balaban J connectivity index is 0.00000180. The lowest BCUT2D eigenvalue weighted by Gasteiger charge is -2.18. The van der Waals surface area contributed by atoms with Gasteiger partial charge in [-0.2, -0.15) is 0 Å². The molecule has 1 aromatic carbocycles. The maximum absolute atomic E-state index is 11.1. The quantitative estimate of drug-likeness (QED) is 0.814. The first kappa shape index (κ1) is 15.5. The molecule has 102 valence electrons. The molecule has 1 unspecified atom stereocenters. The van der Waals surface area contributed by atoms with Gasteiger partial charge in [0.15, 0.2) is 0 Å². The van der Waals surface area contributed by atoms with E-state index in [0.717, 1.165) is 5.56 Å². The molecule has 0 spiro atoms. The second-order valence-corrected chi connectivity index (χ2v) is 4.35. The van der Waals surface area contributed by atoms with Crippen LogP contribution in [-0.2, 0) is 16.1 Å². The Morgan fingerprint density at radius 2 is 2.11 bits per heavy atom. The first-order chi connectivity index (χ1) is 8.65. The Labute approximate surface area is 122 Å². The molecule has 1 heterocycles. The lowest BCUT2D eigenvalue weighted by molar-refractivity contribution is -0.147. The molecule has 0 saturated carbocycles. The zero-order valence-electron chi connectivity index (χ0n) is 10.3. The summed E-state index contributed by atoms with van der Waals surface area (Å²) in [4.78, 5) is 15.1. The van der Waals surface area contributed by atoms with Gasteiger partial charge in [-0.15, -0.1) is 12.4 Å². The molecule has 1 aromatic heterocycles. The summed E-state index contributed by atoms with van der Waals surface area (Å²) in [6.45, 7) is 1.93. The highest BCUT2D eigenvalue weighted by Gasteiger charge is 2.15. The van der Waals surface area contributed by atoms with Crippen LogP contribution >= 0.6 is 24.0 Å². The lowest BCUT2D eigenvalue weighted by atomic mass is 10.1. The van der Waals surface area contributed by atoms with Crippen molar-refractivity contribution in [3.63, 3.8) is 0 Å². The Hall–Kier alpha value is -1.52. The average Bonchev–Trinajstić information content (AvgIpc) is 2.81. The van der Waals surface area contributed by atoms with Crippen LogP contribution in [0.2, 0.25) is 5.02 Å². The van der Waals surface area contributed by atoms with E-state index < -0.39 is 0 Å². The number of aromatic nitrogens is 2. The van der Waals surface area contributed by atoms with Crippen molar-refractivity contribution in [3.8, 4) is 0 Å². The van der Waals surface area contributed by atoms with Crippen molar-refractivity contribution in [3.05, 3.63) is 53.6 Å². The molecule has 0 radical (unpaired) electrons. The Morgan fingerprint density at radius 1 is 1.42 bits per heavy atom. The van der Waals surface area contributed by atoms with Gasteiger partial charge in [0.05, 0.1) is 12.9 Å². The van der Waals surface area contributed by atoms with Crippen LogP contribution in [0.4, 0.5) is 0 Å². The van der Waals surface area contributed by atoms with Gasteiger partial charge in [-0.25, -0.2) is 4.98 Å². The van der Waals surface area contributed by atoms with Gasteiger partial charge in [0.25, 0.3) is 0 Å². The minimum Gasteiger partial charge on any atom is -0.456 e. The number of carbonyl (C=O) groups is 1. The second kappa shape index (κ2) is 7.16. The molecular weight excluding hydrogens is 287 g/mol. The van der Waals surface area contributed by atoms with Gasteiger partial charge in [0.2, 0.25) is 0 Å². The highest BCUT2D eigenvalue weighted by atomic mass is 35.5. The Bertz CT molecular complexity index is 512. The van der Waals surface area contributed by atoms with E-state index in [4.69, 9.17) is 16.3 Å². The van der Waals surface area contributed by atoms with Crippen molar-refractivity contribution in [2.45, 2.75) is 19.6 Å². The van der Waals surface area contributed by atoms with E-state index in [-0.39, 0.29) is 24.5 Å². The smallest absolute Gasteiger partial charge is 0.303 e. The molecule has 2 aromatic rings. The first-order valence-electron chi connectivity index (χ1n) is 5.53. The summed E-state index contributed by atoms with van der Waals surface area (Å²) in [6, 6.07) is 7.27. The van der Waals surface area contributed by atoms with Gasteiger partial charge in [-0.05, 0) is 17.7 Å². The number of hydrogen-bond donors (Lipinski definition) is 0. The number of benzene rings is 1. The van der Waals surface area contributed by atoms with Crippen molar-refractivity contribution in [2.24, 2.45) is 0 Å². The number of halogens is 2. The van der Waals surface area contributed by atoms with Gasteiger partial charge in [0.1, 0.15) is 6.10 Å². The first-order valence-corrected chi connectivity index (χ1v) is 5.91. The van der Waals surface area contributed by atoms with Crippen LogP contribution in [0.25, 0.3) is 0 Å². The molecule has 0 aliphatic rings. The van der Waals surface area contributed by atoms with Crippen LogP contribution in [0.15, 0.2) is 43.0 Å². The van der Waals surface area contributed by atoms with Crippen LogP contribution in [0.5, 0.6) is 0 Å². The van der Waals surface area contributed by atoms with Crippen molar-refractivity contribution in [2.75, 3.05) is 0 Å². The number of hydrogen-bond acceptors (Lipinski definition) is 3. The molecule has 0 N–H and O–H groups in total. The predicted octanol–water partition coefficient (Wildman–Crippen LogP) is 3.26. The van der Waals surface area contributed by atoms with E-state index in [0.29, 0.717) is 11.6 Å². The molecule has 0 bridgehead atoms. The molecule has 19 heavy (non-hydrogen) atoms.